The van der Waals surface area contributed by atoms with Crippen LogP contribution in [0.25, 0.3) is 16.8 Å². The van der Waals surface area contributed by atoms with E-state index in [0.717, 1.165) is 11.8 Å². The van der Waals surface area contributed by atoms with Crippen molar-refractivity contribution in [2.24, 2.45) is 5.92 Å². The summed E-state index contributed by atoms with van der Waals surface area (Å²) in [6.45, 7) is 11.3. The standard InChI is InChI=1S/C31H41N/c1-6-9-22(8-3)27-16-15-26(25(10-7-2)17-21(4)5)18-29(27)31-19-28-23-11-13-24(14-12-23)30(28)20-32-31/h7,10,15-24H,6,8-9,11-14H2,1-5H3/b10-7-,25-17+. The topological polar surface area (TPSA) is 12.9 Å². The molecule has 1 atom stereocenters. The number of aromatic nitrogens is 1. The van der Waals surface area contributed by atoms with Crippen LogP contribution in [0, 0.1) is 5.92 Å². The Morgan fingerprint density at radius 1 is 1.03 bits per heavy atom. The minimum absolute atomic E-state index is 0.519. The van der Waals surface area contributed by atoms with Crippen molar-refractivity contribution in [2.45, 2.75) is 97.3 Å². The van der Waals surface area contributed by atoms with Crippen molar-refractivity contribution >= 4 is 5.57 Å². The Morgan fingerprint density at radius 2 is 1.75 bits per heavy atom. The molecule has 1 unspecified atom stereocenters. The van der Waals surface area contributed by atoms with E-state index >= 15 is 0 Å². The summed E-state index contributed by atoms with van der Waals surface area (Å²) in [6, 6.07) is 9.64. The lowest BCUT2D eigenvalue weighted by Gasteiger charge is -2.38. The van der Waals surface area contributed by atoms with E-state index in [1.165, 1.54) is 72.9 Å². The molecule has 5 rings (SSSR count). The molecule has 3 aliphatic rings. The van der Waals surface area contributed by atoms with Crippen molar-refractivity contribution in [3.05, 3.63) is 70.9 Å². The second-order valence-corrected chi connectivity index (χ2v) is 10.3. The molecule has 1 aromatic carbocycles. The molecule has 0 aliphatic heterocycles. The second-order valence-electron chi connectivity index (χ2n) is 10.3. The smallest absolute Gasteiger partial charge is 0.0708 e. The maximum atomic E-state index is 5.09. The Kier molecular flexibility index (Phi) is 7.33. The van der Waals surface area contributed by atoms with Crippen LogP contribution in [-0.4, -0.2) is 4.98 Å². The van der Waals surface area contributed by atoms with Gasteiger partial charge < -0.3 is 0 Å². The number of hydrogen-bond acceptors (Lipinski definition) is 1. The van der Waals surface area contributed by atoms with Gasteiger partial charge in [-0.15, -0.1) is 0 Å². The second kappa shape index (κ2) is 10.2. The SMILES string of the molecule is C/C=C\C(=C/C(C)C)c1ccc(C(CC)CCC)c(-c2cc3c(cn2)C2CCC3CC2)c1. The molecule has 170 valence electrons. The maximum Gasteiger partial charge on any atom is 0.0708 e. The Labute approximate surface area is 196 Å². The first kappa shape index (κ1) is 23.0. The van der Waals surface area contributed by atoms with Gasteiger partial charge in [0.2, 0.25) is 0 Å². The Bertz CT molecular complexity index is 986. The third kappa shape index (κ3) is 4.63. The van der Waals surface area contributed by atoms with Crippen molar-refractivity contribution in [1.29, 1.82) is 0 Å². The molecule has 0 spiro atoms. The molecule has 1 saturated carbocycles. The normalized spacial score (nSPS) is 21.4. The van der Waals surface area contributed by atoms with Crippen LogP contribution in [0.2, 0.25) is 0 Å². The van der Waals surface area contributed by atoms with Crippen molar-refractivity contribution in [2.75, 3.05) is 0 Å². The van der Waals surface area contributed by atoms with Gasteiger partial charge >= 0.3 is 0 Å². The molecule has 0 N–H and O–H groups in total. The van der Waals surface area contributed by atoms with E-state index in [1.54, 1.807) is 11.1 Å². The zero-order valence-corrected chi connectivity index (χ0v) is 20.8. The fourth-order valence-corrected chi connectivity index (χ4v) is 6.07. The van der Waals surface area contributed by atoms with E-state index in [0.29, 0.717) is 11.8 Å². The van der Waals surface area contributed by atoms with Crippen molar-refractivity contribution < 1.29 is 0 Å². The largest absolute Gasteiger partial charge is 0.256 e. The van der Waals surface area contributed by atoms with Crippen LogP contribution in [0.1, 0.15) is 120 Å². The first-order valence-electron chi connectivity index (χ1n) is 13.0. The minimum atomic E-state index is 0.519. The molecule has 1 heteroatoms. The van der Waals surface area contributed by atoms with Crippen molar-refractivity contribution in [3.8, 4) is 11.3 Å². The number of fused-ring (bicyclic) bond motifs is 2. The van der Waals surface area contributed by atoms with Crippen LogP contribution in [-0.2, 0) is 0 Å². The average Bonchev–Trinajstić information content (AvgIpc) is 2.82. The monoisotopic (exact) mass is 427 g/mol. The minimum Gasteiger partial charge on any atom is -0.256 e. The summed E-state index contributed by atoms with van der Waals surface area (Å²) in [5.74, 6) is 2.62. The molecular formula is C31H41N. The van der Waals surface area contributed by atoms with Gasteiger partial charge in [-0.2, -0.15) is 0 Å². The third-order valence-electron chi connectivity index (χ3n) is 7.67. The number of nitrogens with zero attached hydrogens (tertiary/aromatic N) is 1. The molecule has 0 saturated heterocycles. The van der Waals surface area contributed by atoms with Gasteiger partial charge in [0, 0.05) is 11.8 Å². The average molecular weight is 428 g/mol. The van der Waals surface area contributed by atoms with Crippen molar-refractivity contribution in [1.82, 2.24) is 4.98 Å². The highest BCUT2D eigenvalue weighted by atomic mass is 14.7. The summed E-state index contributed by atoms with van der Waals surface area (Å²) in [6.07, 6.45) is 18.1. The van der Waals surface area contributed by atoms with E-state index in [2.05, 4.69) is 83.3 Å². The highest BCUT2D eigenvalue weighted by Crippen LogP contribution is 2.50. The van der Waals surface area contributed by atoms with Gasteiger partial charge in [-0.1, -0.05) is 64.5 Å². The number of benzene rings is 1. The molecule has 2 bridgehead atoms. The quantitative estimate of drug-likeness (QED) is 0.382. The van der Waals surface area contributed by atoms with Crippen LogP contribution in [0.5, 0.6) is 0 Å². The Balaban J connectivity index is 1.85. The van der Waals surface area contributed by atoms with Crippen LogP contribution < -0.4 is 0 Å². The highest BCUT2D eigenvalue weighted by Gasteiger charge is 2.33. The van der Waals surface area contributed by atoms with Crippen LogP contribution >= 0.6 is 0 Å². The summed E-state index contributed by atoms with van der Waals surface area (Å²) in [4.78, 5) is 5.09. The van der Waals surface area contributed by atoms with Crippen LogP contribution in [0.4, 0.5) is 0 Å². The number of allylic oxidation sites excluding steroid dienone is 4. The van der Waals surface area contributed by atoms with Gasteiger partial charge in [0.15, 0.2) is 0 Å². The van der Waals surface area contributed by atoms with E-state index in [9.17, 15) is 0 Å². The molecule has 2 aromatic rings. The molecule has 0 radical (unpaired) electrons. The first-order chi connectivity index (χ1) is 15.5. The molecule has 3 aliphatic carbocycles. The lowest BCUT2D eigenvalue weighted by Crippen LogP contribution is -2.22. The van der Waals surface area contributed by atoms with Crippen LogP contribution in [0.3, 0.4) is 0 Å². The lowest BCUT2D eigenvalue weighted by atomic mass is 9.67. The van der Waals surface area contributed by atoms with Gasteiger partial charge in [0.05, 0.1) is 5.69 Å². The van der Waals surface area contributed by atoms with Gasteiger partial charge in [-0.25, -0.2) is 0 Å². The van der Waals surface area contributed by atoms with Gasteiger partial charge in [0.25, 0.3) is 0 Å². The van der Waals surface area contributed by atoms with Gasteiger partial charge in [-0.05, 0) is 109 Å². The van der Waals surface area contributed by atoms with Gasteiger partial charge in [-0.3, -0.25) is 4.98 Å². The predicted octanol–water partition coefficient (Wildman–Crippen LogP) is 9.41. The summed E-state index contributed by atoms with van der Waals surface area (Å²) in [5, 5.41) is 0. The fraction of sp³-hybridized carbons (Fsp3) is 0.516. The molecule has 0 amide bonds. The molecule has 1 nitrogen and oxygen atoms in total. The lowest BCUT2D eigenvalue weighted by molar-refractivity contribution is 0.358. The van der Waals surface area contributed by atoms with E-state index in [-0.39, 0.29) is 0 Å². The summed E-state index contributed by atoms with van der Waals surface area (Å²) >= 11 is 0. The summed E-state index contributed by atoms with van der Waals surface area (Å²) in [7, 11) is 0. The van der Waals surface area contributed by atoms with Gasteiger partial charge in [0.1, 0.15) is 0 Å². The number of rotatable bonds is 8. The molecule has 1 heterocycles. The first-order valence-corrected chi connectivity index (χ1v) is 13.0. The van der Waals surface area contributed by atoms with E-state index in [1.807, 2.05) is 0 Å². The molecule has 1 fully saturated rings. The number of pyridine rings is 1. The predicted molar refractivity (Wildman–Crippen MR) is 139 cm³/mol. The maximum absolute atomic E-state index is 5.09. The molecular weight excluding hydrogens is 386 g/mol. The van der Waals surface area contributed by atoms with Crippen LogP contribution in [0.15, 0.2) is 48.7 Å². The third-order valence-corrected chi connectivity index (χ3v) is 7.67. The van der Waals surface area contributed by atoms with Crippen molar-refractivity contribution in [3.63, 3.8) is 0 Å². The fourth-order valence-electron chi connectivity index (χ4n) is 6.07. The Morgan fingerprint density at radius 3 is 2.38 bits per heavy atom. The molecule has 32 heavy (non-hydrogen) atoms. The summed E-state index contributed by atoms with van der Waals surface area (Å²) < 4.78 is 0. The van der Waals surface area contributed by atoms with E-state index in [4.69, 9.17) is 4.98 Å². The van der Waals surface area contributed by atoms with E-state index < -0.39 is 0 Å². The summed E-state index contributed by atoms with van der Waals surface area (Å²) in [5.41, 5.74) is 9.79. The zero-order valence-electron chi connectivity index (χ0n) is 20.8. The highest BCUT2D eigenvalue weighted by molar-refractivity contribution is 5.79. The molecule has 1 aromatic heterocycles. The number of hydrogen-bond donors (Lipinski definition) is 0. The Hall–Kier alpha value is -2.15. The zero-order chi connectivity index (χ0) is 22.7.